The highest BCUT2D eigenvalue weighted by molar-refractivity contribution is 9.10. The number of carbonyl (C=O) groups excluding carboxylic acids is 1. The van der Waals surface area contributed by atoms with Gasteiger partial charge in [-0.25, -0.2) is 4.39 Å². The largest absolute Gasteiger partial charge is 0.339 e. The number of para-hydroxylation sites is 1. The minimum absolute atomic E-state index is 0.132. The van der Waals surface area contributed by atoms with Crippen LogP contribution >= 0.6 is 63.0 Å². The molecule has 26 heavy (non-hydrogen) atoms. The molecule has 2 aromatic carbocycles. The maximum atomic E-state index is 13.0. The van der Waals surface area contributed by atoms with Crippen LogP contribution in [0.1, 0.15) is 10.4 Å². The molecule has 0 fully saturated rings. The van der Waals surface area contributed by atoms with Crippen LogP contribution in [0.5, 0.6) is 0 Å². The molecule has 0 saturated carbocycles. The standard InChI is InChI=1S/C16H12BrCl3FN3OS/c17-11-3-1-2-4-12(11)22-15(26)24-14(16(18,19)20)23-13(25)9-5-7-10(21)8-6-9/h1-8,14H,(H,23,25)(H2,22,24,26)/t14-/m1/s1. The maximum Gasteiger partial charge on any atom is 0.252 e. The van der Waals surface area contributed by atoms with Crippen molar-refractivity contribution in [1.82, 2.24) is 10.6 Å². The van der Waals surface area contributed by atoms with Gasteiger partial charge in [0, 0.05) is 10.0 Å². The van der Waals surface area contributed by atoms with E-state index in [0.717, 1.165) is 16.6 Å². The second-order valence-corrected chi connectivity index (χ2v) is 8.66. The fourth-order valence-corrected chi connectivity index (χ4v) is 2.81. The quantitative estimate of drug-likeness (QED) is 0.315. The van der Waals surface area contributed by atoms with Crippen LogP contribution < -0.4 is 16.0 Å². The van der Waals surface area contributed by atoms with E-state index in [0.29, 0.717) is 5.69 Å². The van der Waals surface area contributed by atoms with E-state index < -0.39 is 21.7 Å². The van der Waals surface area contributed by atoms with Crippen molar-refractivity contribution in [3.05, 3.63) is 64.4 Å². The molecule has 0 aromatic heterocycles. The van der Waals surface area contributed by atoms with Gasteiger partial charge in [-0.2, -0.15) is 0 Å². The highest BCUT2D eigenvalue weighted by atomic mass is 79.9. The van der Waals surface area contributed by atoms with E-state index in [1.165, 1.54) is 12.1 Å². The van der Waals surface area contributed by atoms with Gasteiger partial charge in [-0.1, -0.05) is 46.9 Å². The summed E-state index contributed by atoms with van der Waals surface area (Å²) in [6, 6.07) is 12.2. The fraction of sp³-hybridized carbons (Fsp3) is 0.125. The fourth-order valence-electron chi connectivity index (χ4n) is 1.87. The molecule has 0 aliphatic heterocycles. The molecular weight excluding hydrogens is 488 g/mol. The zero-order valence-electron chi connectivity index (χ0n) is 12.9. The number of anilines is 1. The molecule has 0 bridgehead atoms. The number of rotatable bonds is 4. The molecule has 2 rings (SSSR count). The third kappa shape index (κ3) is 6.25. The highest BCUT2D eigenvalue weighted by Gasteiger charge is 2.35. The van der Waals surface area contributed by atoms with Crippen molar-refractivity contribution in [1.29, 1.82) is 0 Å². The number of nitrogens with one attached hydrogen (secondary N) is 3. The van der Waals surface area contributed by atoms with Crippen LogP contribution in [-0.4, -0.2) is 21.0 Å². The molecule has 4 nitrogen and oxygen atoms in total. The third-order valence-electron chi connectivity index (χ3n) is 3.11. The molecule has 10 heteroatoms. The smallest absolute Gasteiger partial charge is 0.252 e. The first-order valence-electron chi connectivity index (χ1n) is 7.12. The van der Waals surface area contributed by atoms with Crippen molar-refractivity contribution in [2.24, 2.45) is 0 Å². The number of halogens is 5. The van der Waals surface area contributed by atoms with Gasteiger partial charge in [0.15, 0.2) is 5.11 Å². The van der Waals surface area contributed by atoms with Crippen molar-refractivity contribution >= 4 is 79.7 Å². The minimum Gasteiger partial charge on any atom is -0.339 e. The topological polar surface area (TPSA) is 53.2 Å². The van der Waals surface area contributed by atoms with E-state index in [1.807, 2.05) is 18.2 Å². The molecule has 2 aromatic rings. The molecule has 0 spiro atoms. The van der Waals surface area contributed by atoms with E-state index >= 15 is 0 Å². The van der Waals surface area contributed by atoms with Gasteiger partial charge >= 0.3 is 0 Å². The Bertz CT molecular complexity index is 802. The lowest BCUT2D eigenvalue weighted by Crippen LogP contribution is -2.56. The van der Waals surface area contributed by atoms with Crippen molar-refractivity contribution in [2.75, 3.05) is 5.32 Å². The predicted molar refractivity (Wildman–Crippen MR) is 111 cm³/mol. The predicted octanol–water partition coefficient (Wildman–Crippen LogP) is 5.00. The van der Waals surface area contributed by atoms with Gasteiger partial charge in [-0.05, 0) is 64.5 Å². The SMILES string of the molecule is O=C(N[C@H](NC(=S)Nc1ccccc1Br)C(Cl)(Cl)Cl)c1ccc(F)cc1. The van der Waals surface area contributed by atoms with Crippen molar-refractivity contribution < 1.29 is 9.18 Å². The van der Waals surface area contributed by atoms with Crippen LogP contribution in [0, 0.1) is 5.82 Å². The van der Waals surface area contributed by atoms with Gasteiger partial charge in [0.2, 0.25) is 3.79 Å². The zero-order valence-corrected chi connectivity index (χ0v) is 17.6. The van der Waals surface area contributed by atoms with Crippen molar-refractivity contribution in [2.45, 2.75) is 9.96 Å². The molecular formula is C16H12BrCl3FN3OS. The lowest BCUT2D eigenvalue weighted by molar-refractivity contribution is 0.0934. The third-order valence-corrected chi connectivity index (χ3v) is 4.67. The Labute approximate surface area is 178 Å². The number of benzene rings is 2. The lowest BCUT2D eigenvalue weighted by atomic mass is 10.2. The number of alkyl halides is 3. The summed E-state index contributed by atoms with van der Waals surface area (Å²) in [5.74, 6) is -1.02. The molecule has 0 unspecified atom stereocenters. The Hall–Kier alpha value is -1.12. The highest BCUT2D eigenvalue weighted by Crippen LogP contribution is 2.29. The average molecular weight is 500 g/mol. The first-order valence-corrected chi connectivity index (χ1v) is 9.45. The average Bonchev–Trinajstić information content (AvgIpc) is 2.56. The number of hydrogen-bond acceptors (Lipinski definition) is 2. The second kappa shape index (κ2) is 9.19. The Morgan fingerprint density at radius 2 is 1.69 bits per heavy atom. The van der Waals surface area contributed by atoms with Crippen LogP contribution in [0.2, 0.25) is 0 Å². The van der Waals surface area contributed by atoms with Crippen LogP contribution in [0.3, 0.4) is 0 Å². The molecule has 0 saturated heterocycles. The van der Waals surface area contributed by atoms with Gasteiger partial charge in [0.25, 0.3) is 5.91 Å². The second-order valence-electron chi connectivity index (χ2n) is 5.03. The number of carbonyl (C=O) groups is 1. The Balaban J connectivity index is 2.07. The van der Waals surface area contributed by atoms with Gasteiger partial charge in [0.05, 0.1) is 5.69 Å². The first kappa shape index (κ1) is 21.2. The molecule has 1 amide bonds. The zero-order chi connectivity index (χ0) is 19.3. The van der Waals surface area contributed by atoms with E-state index in [1.54, 1.807) is 6.07 Å². The minimum atomic E-state index is -1.89. The monoisotopic (exact) mass is 497 g/mol. The van der Waals surface area contributed by atoms with E-state index in [4.69, 9.17) is 47.0 Å². The molecule has 0 heterocycles. The van der Waals surface area contributed by atoms with Crippen molar-refractivity contribution in [3.8, 4) is 0 Å². The summed E-state index contributed by atoms with van der Waals surface area (Å²) in [4.78, 5) is 12.3. The summed E-state index contributed by atoms with van der Waals surface area (Å²) in [5, 5.41) is 8.32. The molecule has 0 aliphatic rings. The van der Waals surface area contributed by atoms with Gasteiger partial charge in [0.1, 0.15) is 12.0 Å². The number of hydrogen-bond donors (Lipinski definition) is 3. The molecule has 3 N–H and O–H groups in total. The van der Waals surface area contributed by atoms with Crippen LogP contribution in [0.4, 0.5) is 10.1 Å². The summed E-state index contributed by atoms with van der Waals surface area (Å²) in [6.45, 7) is 0. The Morgan fingerprint density at radius 3 is 2.27 bits per heavy atom. The summed E-state index contributed by atoms with van der Waals surface area (Å²) < 4.78 is 11.9. The maximum absolute atomic E-state index is 13.0. The van der Waals surface area contributed by atoms with E-state index in [2.05, 4.69) is 31.9 Å². The molecule has 1 atom stereocenters. The van der Waals surface area contributed by atoms with Crippen LogP contribution in [-0.2, 0) is 0 Å². The number of thiocarbonyl (C=S) groups is 1. The van der Waals surface area contributed by atoms with Crippen LogP contribution in [0.15, 0.2) is 53.0 Å². The molecule has 138 valence electrons. The lowest BCUT2D eigenvalue weighted by Gasteiger charge is -2.28. The van der Waals surface area contributed by atoms with E-state index in [-0.39, 0.29) is 10.7 Å². The van der Waals surface area contributed by atoms with Gasteiger partial charge < -0.3 is 16.0 Å². The molecule has 0 aliphatic carbocycles. The normalized spacial score (nSPS) is 12.2. The summed E-state index contributed by atoms with van der Waals surface area (Å²) >= 11 is 26.4. The Morgan fingerprint density at radius 1 is 1.08 bits per heavy atom. The van der Waals surface area contributed by atoms with Crippen molar-refractivity contribution in [3.63, 3.8) is 0 Å². The van der Waals surface area contributed by atoms with Gasteiger partial charge in [-0.3, -0.25) is 4.79 Å². The number of amides is 1. The first-order chi connectivity index (χ1) is 12.2. The molecule has 0 radical (unpaired) electrons. The summed E-state index contributed by atoms with van der Waals surface area (Å²) in [6.07, 6.45) is -1.13. The van der Waals surface area contributed by atoms with E-state index in [9.17, 15) is 9.18 Å². The van der Waals surface area contributed by atoms with Crippen LogP contribution in [0.25, 0.3) is 0 Å². The summed E-state index contributed by atoms with van der Waals surface area (Å²) in [5.41, 5.74) is 0.898. The Kier molecular flexibility index (Phi) is 7.49. The van der Waals surface area contributed by atoms with Gasteiger partial charge in [-0.15, -0.1) is 0 Å². The summed E-state index contributed by atoms with van der Waals surface area (Å²) in [7, 11) is 0.